The number of anilines is 1. The minimum atomic E-state index is -1.08. The second kappa shape index (κ2) is 5.09. The molecule has 6 nitrogen and oxygen atoms in total. The first-order valence-corrected chi connectivity index (χ1v) is 5.88. The first-order chi connectivity index (χ1) is 8.99. The Kier molecular flexibility index (Phi) is 3.50. The lowest BCUT2D eigenvalue weighted by molar-refractivity contribution is -0.120. The number of carboxylic acid groups (broad SMARTS) is 1. The van der Waals surface area contributed by atoms with Crippen molar-refractivity contribution in [2.24, 2.45) is 0 Å². The Morgan fingerprint density at radius 2 is 1.79 bits per heavy atom. The van der Waals surface area contributed by atoms with Crippen molar-refractivity contribution in [2.75, 3.05) is 24.5 Å². The van der Waals surface area contributed by atoms with Crippen molar-refractivity contribution in [3.8, 4) is 0 Å². The molecule has 2 rings (SSSR count). The van der Waals surface area contributed by atoms with Crippen molar-refractivity contribution in [3.63, 3.8) is 0 Å². The maximum Gasteiger partial charge on any atom is 0.407 e. The van der Waals surface area contributed by atoms with E-state index in [9.17, 15) is 14.4 Å². The number of piperazine rings is 1. The van der Waals surface area contributed by atoms with Gasteiger partial charge in [0.2, 0.25) is 5.91 Å². The molecule has 1 fully saturated rings. The number of Topliss-reactive ketones (excluding diaryl/α,β-unsaturated/α-hetero) is 1. The molecule has 0 aliphatic carbocycles. The molecule has 0 atom stereocenters. The van der Waals surface area contributed by atoms with Gasteiger partial charge in [0, 0.05) is 24.3 Å². The Morgan fingerprint density at radius 1 is 1.16 bits per heavy atom. The van der Waals surface area contributed by atoms with Gasteiger partial charge in [0.05, 0.1) is 0 Å². The van der Waals surface area contributed by atoms with Crippen molar-refractivity contribution in [3.05, 3.63) is 29.8 Å². The van der Waals surface area contributed by atoms with E-state index < -0.39 is 6.09 Å². The third-order valence-corrected chi connectivity index (χ3v) is 3.08. The maximum atomic E-state index is 11.9. The quantitative estimate of drug-likeness (QED) is 0.813. The zero-order chi connectivity index (χ0) is 14.0. The Morgan fingerprint density at radius 3 is 2.26 bits per heavy atom. The van der Waals surface area contributed by atoms with Crippen molar-refractivity contribution >= 4 is 23.5 Å². The van der Waals surface area contributed by atoms with Gasteiger partial charge in [-0.05, 0) is 31.2 Å². The highest BCUT2D eigenvalue weighted by Crippen LogP contribution is 2.18. The number of nitrogens with zero attached hydrogens (tertiary/aromatic N) is 2. The molecule has 1 heterocycles. The predicted molar refractivity (Wildman–Crippen MR) is 68.4 cm³/mol. The molecular weight excluding hydrogens is 248 g/mol. The minimum absolute atomic E-state index is 0.0337. The molecule has 0 aromatic heterocycles. The molecule has 6 heteroatoms. The first kappa shape index (κ1) is 13.1. The standard InChI is InChI=1S/C13H14N2O4/c1-9(16)10-2-4-11(5-3-10)15-7-6-14(13(18)19)8-12(15)17/h2-5H,6-8H2,1H3,(H,18,19). The van der Waals surface area contributed by atoms with Crippen LogP contribution in [0.2, 0.25) is 0 Å². The second-order valence-electron chi connectivity index (χ2n) is 4.35. The molecule has 1 N–H and O–H groups in total. The maximum absolute atomic E-state index is 11.9. The molecule has 0 bridgehead atoms. The highest BCUT2D eigenvalue weighted by molar-refractivity contribution is 5.98. The fourth-order valence-corrected chi connectivity index (χ4v) is 1.99. The summed E-state index contributed by atoms with van der Waals surface area (Å²) in [6.45, 7) is 1.95. The van der Waals surface area contributed by atoms with Crippen LogP contribution in [0.3, 0.4) is 0 Å². The number of hydrogen-bond acceptors (Lipinski definition) is 3. The SMILES string of the molecule is CC(=O)c1ccc(N2CCN(C(=O)O)CC2=O)cc1. The van der Waals surface area contributed by atoms with Crippen LogP contribution in [0.5, 0.6) is 0 Å². The fraction of sp³-hybridized carbons (Fsp3) is 0.308. The van der Waals surface area contributed by atoms with Crippen LogP contribution in [0.25, 0.3) is 0 Å². The zero-order valence-corrected chi connectivity index (χ0v) is 10.5. The number of carbonyl (C=O) groups is 3. The van der Waals surface area contributed by atoms with Crippen LogP contribution in [0.4, 0.5) is 10.5 Å². The van der Waals surface area contributed by atoms with E-state index in [1.165, 1.54) is 11.8 Å². The van der Waals surface area contributed by atoms with Crippen LogP contribution >= 0.6 is 0 Å². The van der Waals surface area contributed by atoms with Crippen molar-refractivity contribution < 1.29 is 19.5 Å². The highest BCUT2D eigenvalue weighted by Gasteiger charge is 2.27. The van der Waals surface area contributed by atoms with E-state index in [0.29, 0.717) is 17.8 Å². The number of carbonyl (C=O) groups excluding carboxylic acids is 2. The molecule has 1 saturated heterocycles. The van der Waals surface area contributed by atoms with Gasteiger partial charge in [-0.1, -0.05) is 0 Å². The second-order valence-corrected chi connectivity index (χ2v) is 4.35. The van der Waals surface area contributed by atoms with E-state index in [1.54, 1.807) is 24.3 Å². The Labute approximate surface area is 110 Å². The van der Waals surface area contributed by atoms with Crippen LogP contribution < -0.4 is 4.90 Å². The van der Waals surface area contributed by atoms with E-state index in [4.69, 9.17) is 5.11 Å². The molecule has 100 valence electrons. The van der Waals surface area contributed by atoms with Gasteiger partial charge in [-0.15, -0.1) is 0 Å². The average molecular weight is 262 g/mol. The fourth-order valence-electron chi connectivity index (χ4n) is 1.99. The third kappa shape index (κ3) is 2.73. The summed E-state index contributed by atoms with van der Waals surface area (Å²) in [6, 6.07) is 6.72. The van der Waals surface area contributed by atoms with Crippen molar-refractivity contribution in [1.82, 2.24) is 4.90 Å². The summed E-state index contributed by atoms with van der Waals surface area (Å²) in [4.78, 5) is 36.4. The summed E-state index contributed by atoms with van der Waals surface area (Å²) in [6.07, 6.45) is -1.08. The summed E-state index contributed by atoms with van der Waals surface area (Å²) in [5.41, 5.74) is 1.26. The van der Waals surface area contributed by atoms with Gasteiger partial charge >= 0.3 is 6.09 Å². The van der Waals surface area contributed by atoms with E-state index in [2.05, 4.69) is 0 Å². The molecule has 0 saturated carbocycles. The zero-order valence-electron chi connectivity index (χ0n) is 10.5. The molecule has 0 radical (unpaired) electrons. The molecule has 1 aliphatic rings. The van der Waals surface area contributed by atoms with Crippen LogP contribution in [0.1, 0.15) is 17.3 Å². The molecule has 1 aromatic rings. The lowest BCUT2D eigenvalue weighted by Gasteiger charge is -2.32. The van der Waals surface area contributed by atoms with Crippen LogP contribution in [0, 0.1) is 0 Å². The van der Waals surface area contributed by atoms with Gasteiger partial charge in [0.25, 0.3) is 0 Å². The van der Waals surface area contributed by atoms with E-state index in [-0.39, 0.29) is 24.8 Å². The molecular formula is C13H14N2O4. The van der Waals surface area contributed by atoms with Gasteiger partial charge in [0.15, 0.2) is 5.78 Å². The molecule has 1 aromatic carbocycles. The largest absolute Gasteiger partial charge is 0.465 e. The van der Waals surface area contributed by atoms with Crippen LogP contribution in [0.15, 0.2) is 24.3 Å². The summed E-state index contributed by atoms with van der Waals surface area (Å²) >= 11 is 0. The molecule has 1 aliphatic heterocycles. The number of ketones is 1. The molecule has 0 unspecified atom stereocenters. The van der Waals surface area contributed by atoms with Crippen LogP contribution in [-0.4, -0.2) is 47.4 Å². The van der Waals surface area contributed by atoms with E-state index >= 15 is 0 Å². The van der Waals surface area contributed by atoms with Gasteiger partial charge in [-0.25, -0.2) is 4.79 Å². The highest BCUT2D eigenvalue weighted by atomic mass is 16.4. The number of benzene rings is 1. The smallest absolute Gasteiger partial charge is 0.407 e. The lowest BCUT2D eigenvalue weighted by Crippen LogP contribution is -2.52. The van der Waals surface area contributed by atoms with Crippen molar-refractivity contribution in [2.45, 2.75) is 6.92 Å². The molecule has 19 heavy (non-hydrogen) atoms. The van der Waals surface area contributed by atoms with Gasteiger partial charge < -0.3 is 10.0 Å². The van der Waals surface area contributed by atoms with Gasteiger partial charge in [0.1, 0.15) is 6.54 Å². The Hall–Kier alpha value is -2.37. The first-order valence-electron chi connectivity index (χ1n) is 5.88. The van der Waals surface area contributed by atoms with Crippen molar-refractivity contribution in [1.29, 1.82) is 0 Å². The number of hydrogen-bond donors (Lipinski definition) is 1. The Bertz CT molecular complexity index is 524. The van der Waals surface area contributed by atoms with Gasteiger partial charge in [-0.2, -0.15) is 0 Å². The van der Waals surface area contributed by atoms with E-state index in [0.717, 1.165) is 4.90 Å². The summed E-state index contributed by atoms with van der Waals surface area (Å²) in [5.74, 6) is -0.294. The predicted octanol–water partition coefficient (Wildman–Crippen LogP) is 1.22. The summed E-state index contributed by atoms with van der Waals surface area (Å²) in [5, 5.41) is 8.83. The monoisotopic (exact) mass is 262 g/mol. The Balaban J connectivity index is 2.13. The number of amides is 2. The average Bonchev–Trinajstić information content (AvgIpc) is 2.38. The van der Waals surface area contributed by atoms with Crippen LogP contribution in [-0.2, 0) is 4.79 Å². The summed E-state index contributed by atoms with van der Waals surface area (Å²) in [7, 11) is 0. The normalized spacial score (nSPS) is 15.5. The van der Waals surface area contributed by atoms with E-state index in [1.807, 2.05) is 0 Å². The third-order valence-electron chi connectivity index (χ3n) is 3.08. The summed E-state index contributed by atoms with van der Waals surface area (Å²) < 4.78 is 0. The lowest BCUT2D eigenvalue weighted by atomic mass is 10.1. The molecule has 2 amide bonds. The minimum Gasteiger partial charge on any atom is -0.465 e. The molecule has 0 spiro atoms. The number of rotatable bonds is 2. The van der Waals surface area contributed by atoms with Gasteiger partial charge in [-0.3, -0.25) is 14.5 Å². The topological polar surface area (TPSA) is 77.9 Å².